The molecular formula is C17H25N5O3S. The number of aromatic nitrogens is 2. The number of benzene rings is 1. The molecule has 26 heavy (non-hydrogen) atoms. The molecule has 9 heteroatoms. The van der Waals surface area contributed by atoms with Crippen molar-refractivity contribution in [3.05, 3.63) is 47.2 Å². The normalized spacial score (nSPS) is 11.6. The lowest BCUT2D eigenvalue weighted by atomic mass is 10.1. The monoisotopic (exact) mass is 379 g/mol. The Bertz CT molecular complexity index is 874. The first-order valence-electron chi connectivity index (χ1n) is 8.22. The molecule has 0 bridgehead atoms. The second-order valence-electron chi connectivity index (χ2n) is 6.30. The van der Waals surface area contributed by atoms with Gasteiger partial charge in [-0.05, 0) is 19.4 Å². The minimum atomic E-state index is -3.34. The standard InChI is InChI=1S/C17H25N5O3S/c1-13-6-5-7-15(10-13)12-22-16(11-14(2)20-22)19-17(23)18-8-9-26(24,25)21(3)4/h5-7,10-11H,8-9,12H2,1-4H3,(H2,18,19,23). The van der Waals surface area contributed by atoms with Gasteiger partial charge in [0.05, 0.1) is 18.0 Å². The Morgan fingerprint density at radius 3 is 2.62 bits per heavy atom. The van der Waals surface area contributed by atoms with Crippen LogP contribution in [0, 0.1) is 13.8 Å². The first-order valence-corrected chi connectivity index (χ1v) is 9.83. The van der Waals surface area contributed by atoms with Gasteiger partial charge in [-0.1, -0.05) is 29.8 Å². The molecule has 0 aliphatic carbocycles. The number of hydrogen-bond donors (Lipinski definition) is 2. The van der Waals surface area contributed by atoms with Crippen molar-refractivity contribution in [2.75, 3.05) is 31.7 Å². The van der Waals surface area contributed by atoms with Crippen LogP contribution in [0.5, 0.6) is 0 Å². The van der Waals surface area contributed by atoms with Crippen LogP contribution in [0.2, 0.25) is 0 Å². The van der Waals surface area contributed by atoms with E-state index in [1.165, 1.54) is 14.1 Å². The van der Waals surface area contributed by atoms with E-state index < -0.39 is 16.1 Å². The van der Waals surface area contributed by atoms with Crippen molar-refractivity contribution in [1.29, 1.82) is 0 Å². The van der Waals surface area contributed by atoms with Crippen LogP contribution in [0.4, 0.5) is 10.6 Å². The summed E-state index contributed by atoms with van der Waals surface area (Å²) in [5.41, 5.74) is 3.01. The molecule has 0 atom stereocenters. The lowest BCUT2D eigenvalue weighted by Gasteiger charge is -2.13. The Kier molecular flexibility index (Phi) is 6.38. The maximum absolute atomic E-state index is 12.1. The summed E-state index contributed by atoms with van der Waals surface area (Å²) in [5.74, 6) is 0.395. The number of anilines is 1. The maximum Gasteiger partial charge on any atom is 0.320 e. The van der Waals surface area contributed by atoms with Gasteiger partial charge in [0.2, 0.25) is 10.0 Å². The number of carbonyl (C=O) groups is 1. The third-order valence-electron chi connectivity index (χ3n) is 3.76. The third-order valence-corrected chi connectivity index (χ3v) is 5.59. The highest BCUT2D eigenvalue weighted by molar-refractivity contribution is 7.89. The highest BCUT2D eigenvalue weighted by atomic mass is 32.2. The number of nitrogens with zero attached hydrogens (tertiary/aromatic N) is 3. The molecule has 2 N–H and O–H groups in total. The molecule has 142 valence electrons. The van der Waals surface area contributed by atoms with E-state index in [1.807, 2.05) is 32.0 Å². The average molecular weight is 379 g/mol. The molecule has 0 aliphatic heterocycles. The molecule has 0 saturated carbocycles. The van der Waals surface area contributed by atoms with Gasteiger partial charge in [0.1, 0.15) is 5.82 Å². The molecule has 0 unspecified atom stereocenters. The van der Waals surface area contributed by atoms with E-state index in [2.05, 4.69) is 21.8 Å². The smallest absolute Gasteiger partial charge is 0.320 e. The van der Waals surface area contributed by atoms with Gasteiger partial charge in [-0.15, -0.1) is 0 Å². The average Bonchev–Trinajstić information content (AvgIpc) is 2.86. The third kappa shape index (κ3) is 5.57. The molecule has 8 nitrogen and oxygen atoms in total. The molecule has 0 spiro atoms. The number of hydrogen-bond acceptors (Lipinski definition) is 4. The summed E-state index contributed by atoms with van der Waals surface area (Å²) >= 11 is 0. The predicted molar refractivity (Wildman–Crippen MR) is 102 cm³/mol. The fourth-order valence-electron chi connectivity index (χ4n) is 2.39. The molecule has 2 aromatic rings. The van der Waals surface area contributed by atoms with Gasteiger partial charge < -0.3 is 5.32 Å². The zero-order valence-electron chi connectivity index (χ0n) is 15.5. The van der Waals surface area contributed by atoms with E-state index in [9.17, 15) is 13.2 Å². The van der Waals surface area contributed by atoms with E-state index in [0.717, 1.165) is 21.1 Å². The molecule has 2 rings (SSSR count). The summed E-state index contributed by atoms with van der Waals surface area (Å²) in [5, 5.41) is 9.68. The summed E-state index contributed by atoms with van der Waals surface area (Å²) in [7, 11) is -0.422. The Morgan fingerprint density at radius 1 is 1.23 bits per heavy atom. The van der Waals surface area contributed by atoms with E-state index >= 15 is 0 Å². The minimum absolute atomic E-state index is 0.0251. The molecular weight excluding hydrogens is 354 g/mol. The van der Waals surface area contributed by atoms with Gasteiger partial charge in [-0.3, -0.25) is 5.32 Å². The Labute approximate surface area is 154 Å². The van der Waals surface area contributed by atoms with Crippen LogP contribution in [-0.2, 0) is 16.6 Å². The van der Waals surface area contributed by atoms with Crippen LogP contribution in [-0.4, -0.2) is 54.9 Å². The maximum atomic E-state index is 12.1. The van der Waals surface area contributed by atoms with Gasteiger partial charge in [0, 0.05) is 26.7 Å². The molecule has 1 heterocycles. The van der Waals surface area contributed by atoms with Crippen molar-refractivity contribution in [2.24, 2.45) is 0 Å². The second kappa shape index (κ2) is 8.33. The SMILES string of the molecule is Cc1cccc(Cn2nc(C)cc2NC(=O)NCCS(=O)(=O)N(C)C)c1. The number of aryl methyl sites for hydroxylation is 2. The quantitative estimate of drug-likeness (QED) is 0.763. The van der Waals surface area contributed by atoms with Crippen molar-refractivity contribution < 1.29 is 13.2 Å². The summed E-state index contributed by atoms with van der Waals surface area (Å²) in [6.07, 6.45) is 0. The van der Waals surface area contributed by atoms with Crippen molar-refractivity contribution in [3.63, 3.8) is 0 Å². The Morgan fingerprint density at radius 2 is 1.96 bits per heavy atom. The summed E-state index contributed by atoms with van der Waals surface area (Å²) in [6.45, 7) is 4.42. The molecule has 0 radical (unpaired) electrons. The number of rotatable bonds is 7. The number of carbonyl (C=O) groups excluding carboxylic acids is 1. The molecule has 1 aromatic heterocycles. The highest BCUT2D eigenvalue weighted by Gasteiger charge is 2.14. The number of urea groups is 1. The predicted octanol–water partition coefficient (Wildman–Crippen LogP) is 1.56. The lowest BCUT2D eigenvalue weighted by molar-refractivity contribution is 0.252. The van der Waals surface area contributed by atoms with Crippen LogP contribution in [0.1, 0.15) is 16.8 Å². The fraction of sp³-hybridized carbons (Fsp3) is 0.412. The number of sulfonamides is 1. The van der Waals surface area contributed by atoms with E-state index in [1.54, 1.807) is 10.7 Å². The number of nitrogens with one attached hydrogen (secondary N) is 2. The summed E-state index contributed by atoms with van der Waals surface area (Å²) in [6, 6.07) is 9.36. The van der Waals surface area contributed by atoms with Crippen LogP contribution in [0.15, 0.2) is 30.3 Å². The van der Waals surface area contributed by atoms with Crippen LogP contribution in [0.25, 0.3) is 0 Å². The Balaban J connectivity index is 1.98. The first kappa shape index (κ1) is 19.9. The first-order chi connectivity index (χ1) is 12.2. The van der Waals surface area contributed by atoms with Gasteiger partial charge in [0.15, 0.2) is 0 Å². The van der Waals surface area contributed by atoms with Crippen molar-refractivity contribution in [2.45, 2.75) is 20.4 Å². The second-order valence-corrected chi connectivity index (χ2v) is 8.60. The zero-order valence-corrected chi connectivity index (χ0v) is 16.3. The molecule has 2 amide bonds. The molecule has 0 fully saturated rings. The largest absolute Gasteiger partial charge is 0.337 e. The van der Waals surface area contributed by atoms with Crippen molar-refractivity contribution in [1.82, 2.24) is 19.4 Å². The van der Waals surface area contributed by atoms with Crippen LogP contribution < -0.4 is 10.6 Å². The van der Waals surface area contributed by atoms with Gasteiger partial charge in [-0.2, -0.15) is 5.10 Å². The van der Waals surface area contributed by atoms with Crippen molar-refractivity contribution in [3.8, 4) is 0 Å². The van der Waals surface area contributed by atoms with Crippen LogP contribution >= 0.6 is 0 Å². The highest BCUT2D eigenvalue weighted by Crippen LogP contribution is 2.14. The van der Waals surface area contributed by atoms with Gasteiger partial charge in [0.25, 0.3) is 0 Å². The lowest BCUT2D eigenvalue weighted by Crippen LogP contribution is -2.36. The topological polar surface area (TPSA) is 96.3 Å². The molecule has 1 aromatic carbocycles. The zero-order chi connectivity index (χ0) is 19.3. The van der Waals surface area contributed by atoms with E-state index in [4.69, 9.17) is 0 Å². The van der Waals surface area contributed by atoms with E-state index in [-0.39, 0.29) is 12.3 Å². The Hall–Kier alpha value is -2.39. The van der Waals surface area contributed by atoms with Crippen LogP contribution in [0.3, 0.4) is 0 Å². The number of amides is 2. The van der Waals surface area contributed by atoms with Crippen molar-refractivity contribution >= 4 is 21.9 Å². The van der Waals surface area contributed by atoms with Gasteiger partial charge >= 0.3 is 6.03 Å². The fourth-order valence-corrected chi connectivity index (χ4v) is 3.11. The summed E-state index contributed by atoms with van der Waals surface area (Å²) < 4.78 is 26.2. The summed E-state index contributed by atoms with van der Waals surface area (Å²) in [4.78, 5) is 12.1. The van der Waals surface area contributed by atoms with E-state index in [0.29, 0.717) is 12.4 Å². The molecule has 0 aliphatic rings. The molecule has 0 saturated heterocycles. The van der Waals surface area contributed by atoms with Gasteiger partial charge in [-0.25, -0.2) is 22.2 Å². The minimum Gasteiger partial charge on any atom is -0.337 e.